The molecule has 2 aromatic heterocycles. The minimum atomic E-state index is -0.238. The quantitative estimate of drug-likeness (QED) is 0.365. The lowest BCUT2D eigenvalue weighted by Crippen LogP contribution is -2.02. The van der Waals surface area contributed by atoms with Gasteiger partial charge in [-0.15, -0.1) is 21.5 Å². The maximum absolute atomic E-state index is 13.3. The van der Waals surface area contributed by atoms with E-state index >= 15 is 0 Å². The zero-order valence-electron chi connectivity index (χ0n) is 15.4. The molecule has 0 amide bonds. The van der Waals surface area contributed by atoms with E-state index in [0.29, 0.717) is 0 Å². The summed E-state index contributed by atoms with van der Waals surface area (Å²) in [6, 6.07) is 18.4. The number of para-hydroxylation sites is 2. The van der Waals surface area contributed by atoms with Crippen LogP contribution < -0.4 is 4.74 Å². The molecule has 4 aromatic rings. The third-order valence-electron chi connectivity index (χ3n) is 4.32. The second-order valence-corrected chi connectivity index (χ2v) is 8.36. The lowest BCUT2D eigenvalue weighted by Gasteiger charge is -2.15. The van der Waals surface area contributed by atoms with Crippen molar-refractivity contribution in [2.75, 3.05) is 7.11 Å². The summed E-state index contributed by atoms with van der Waals surface area (Å²) < 4.78 is 20.9. The molecule has 0 fully saturated rings. The predicted octanol–water partition coefficient (Wildman–Crippen LogP) is 6.00. The van der Waals surface area contributed by atoms with Crippen LogP contribution in [0.1, 0.15) is 17.7 Å². The van der Waals surface area contributed by atoms with E-state index in [0.717, 1.165) is 32.9 Å². The van der Waals surface area contributed by atoms with E-state index in [9.17, 15) is 4.39 Å². The van der Waals surface area contributed by atoms with Crippen molar-refractivity contribution in [3.8, 4) is 22.1 Å². The molecule has 0 bridgehead atoms. The molecular formula is C21H18FN3OS2. The highest BCUT2D eigenvalue weighted by molar-refractivity contribution is 7.99. The molecule has 142 valence electrons. The first-order chi connectivity index (χ1) is 13.7. The molecule has 0 aliphatic rings. The van der Waals surface area contributed by atoms with Gasteiger partial charge in [-0.3, -0.25) is 4.57 Å². The Morgan fingerprint density at radius 3 is 2.54 bits per heavy atom. The van der Waals surface area contributed by atoms with Crippen LogP contribution in [0.25, 0.3) is 16.4 Å². The molecule has 2 heterocycles. The van der Waals surface area contributed by atoms with Crippen LogP contribution in [0.3, 0.4) is 0 Å². The molecule has 7 heteroatoms. The zero-order valence-corrected chi connectivity index (χ0v) is 17.0. The lowest BCUT2D eigenvalue weighted by atomic mass is 10.2. The van der Waals surface area contributed by atoms with Gasteiger partial charge in [0, 0.05) is 5.25 Å². The first-order valence-corrected chi connectivity index (χ1v) is 10.5. The highest BCUT2D eigenvalue weighted by atomic mass is 32.2. The number of ether oxygens (including phenoxy) is 1. The molecule has 2 aromatic carbocycles. The highest BCUT2D eigenvalue weighted by Gasteiger charge is 2.21. The van der Waals surface area contributed by atoms with Crippen molar-refractivity contribution in [3.05, 3.63) is 77.4 Å². The van der Waals surface area contributed by atoms with E-state index in [1.54, 1.807) is 42.3 Å². The van der Waals surface area contributed by atoms with Crippen molar-refractivity contribution in [1.29, 1.82) is 0 Å². The maximum Gasteiger partial charge on any atom is 0.196 e. The molecule has 1 atom stereocenters. The Morgan fingerprint density at radius 2 is 1.82 bits per heavy atom. The molecule has 0 unspecified atom stereocenters. The Kier molecular flexibility index (Phi) is 5.45. The monoisotopic (exact) mass is 411 g/mol. The average molecular weight is 412 g/mol. The standard InChI is InChI=1S/C21H18FN3OS2/c1-14(15-9-11-16(22)12-10-15)28-21-24-23-20(19-8-5-13-27-19)25(21)17-6-3-4-7-18(17)26-2/h3-14H,1-2H3/t14-/m0/s1. The minimum Gasteiger partial charge on any atom is -0.495 e. The van der Waals surface area contributed by atoms with Crippen molar-refractivity contribution in [2.45, 2.75) is 17.3 Å². The van der Waals surface area contributed by atoms with Crippen LogP contribution in [-0.2, 0) is 0 Å². The van der Waals surface area contributed by atoms with Crippen LogP contribution in [0.2, 0.25) is 0 Å². The summed E-state index contributed by atoms with van der Waals surface area (Å²) in [5, 5.41) is 11.8. The second kappa shape index (κ2) is 8.16. The summed E-state index contributed by atoms with van der Waals surface area (Å²) in [4.78, 5) is 1.03. The SMILES string of the molecule is COc1ccccc1-n1c(S[C@@H](C)c2ccc(F)cc2)nnc1-c1cccs1. The molecule has 4 nitrogen and oxygen atoms in total. The number of hydrogen-bond acceptors (Lipinski definition) is 5. The van der Waals surface area contributed by atoms with E-state index in [1.165, 1.54) is 12.1 Å². The van der Waals surface area contributed by atoms with Crippen molar-refractivity contribution in [3.63, 3.8) is 0 Å². The number of aromatic nitrogens is 3. The number of nitrogens with zero attached hydrogens (tertiary/aromatic N) is 3. The molecule has 0 saturated carbocycles. The van der Waals surface area contributed by atoms with E-state index < -0.39 is 0 Å². The smallest absolute Gasteiger partial charge is 0.196 e. The summed E-state index contributed by atoms with van der Waals surface area (Å²) in [5.74, 6) is 1.28. The van der Waals surface area contributed by atoms with E-state index in [-0.39, 0.29) is 11.1 Å². The Morgan fingerprint density at radius 1 is 1.04 bits per heavy atom. The topological polar surface area (TPSA) is 39.9 Å². The first-order valence-electron chi connectivity index (χ1n) is 8.72. The van der Waals surface area contributed by atoms with Gasteiger partial charge in [-0.1, -0.05) is 42.1 Å². The lowest BCUT2D eigenvalue weighted by molar-refractivity contribution is 0.412. The normalized spacial score (nSPS) is 12.1. The predicted molar refractivity (Wildman–Crippen MR) is 112 cm³/mol. The zero-order chi connectivity index (χ0) is 19.5. The second-order valence-electron chi connectivity index (χ2n) is 6.10. The summed E-state index contributed by atoms with van der Waals surface area (Å²) in [6.45, 7) is 2.07. The number of thiophene rings is 1. The fourth-order valence-electron chi connectivity index (χ4n) is 2.90. The van der Waals surface area contributed by atoms with Crippen molar-refractivity contribution in [1.82, 2.24) is 14.8 Å². The molecule has 0 N–H and O–H groups in total. The van der Waals surface area contributed by atoms with E-state index in [2.05, 4.69) is 17.1 Å². The Labute approximate surface area is 171 Å². The number of rotatable bonds is 6. The Bertz CT molecular complexity index is 1060. The highest BCUT2D eigenvalue weighted by Crippen LogP contribution is 2.39. The van der Waals surface area contributed by atoms with Gasteiger partial charge in [0.1, 0.15) is 11.6 Å². The van der Waals surface area contributed by atoms with Gasteiger partial charge >= 0.3 is 0 Å². The van der Waals surface area contributed by atoms with Crippen LogP contribution in [0, 0.1) is 5.82 Å². The summed E-state index contributed by atoms with van der Waals surface area (Å²) >= 11 is 3.19. The van der Waals surface area contributed by atoms with Gasteiger partial charge < -0.3 is 4.74 Å². The summed E-state index contributed by atoms with van der Waals surface area (Å²) in [6.07, 6.45) is 0. The molecule has 0 radical (unpaired) electrons. The molecule has 28 heavy (non-hydrogen) atoms. The van der Waals surface area contributed by atoms with Crippen LogP contribution in [-0.4, -0.2) is 21.9 Å². The van der Waals surface area contributed by atoms with Gasteiger partial charge in [0.05, 0.1) is 17.7 Å². The number of thioether (sulfide) groups is 1. The molecule has 0 aliphatic carbocycles. The van der Waals surface area contributed by atoms with Crippen molar-refractivity contribution < 1.29 is 9.13 Å². The summed E-state index contributed by atoms with van der Waals surface area (Å²) in [5.41, 5.74) is 1.91. The van der Waals surface area contributed by atoms with Crippen LogP contribution >= 0.6 is 23.1 Å². The van der Waals surface area contributed by atoms with Crippen LogP contribution in [0.15, 0.2) is 71.2 Å². The van der Waals surface area contributed by atoms with Crippen LogP contribution in [0.4, 0.5) is 4.39 Å². The van der Waals surface area contributed by atoms with E-state index in [1.807, 2.05) is 46.3 Å². The Hall–Kier alpha value is -2.64. The molecule has 4 rings (SSSR count). The number of benzene rings is 2. The molecule has 0 aliphatic heterocycles. The van der Waals surface area contributed by atoms with Gasteiger partial charge in [0.2, 0.25) is 0 Å². The Balaban J connectivity index is 1.78. The minimum absolute atomic E-state index is 0.0782. The number of hydrogen-bond donors (Lipinski definition) is 0. The van der Waals surface area contributed by atoms with Crippen molar-refractivity contribution >= 4 is 23.1 Å². The fourth-order valence-corrected chi connectivity index (χ4v) is 4.59. The molecule has 0 saturated heterocycles. The maximum atomic E-state index is 13.3. The van der Waals surface area contributed by atoms with Gasteiger partial charge in [-0.2, -0.15) is 0 Å². The largest absolute Gasteiger partial charge is 0.495 e. The molecular weight excluding hydrogens is 393 g/mol. The average Bonchev–Trinajstić information content (AvgIpc) is 3.38. The molecule has 0 spiro atoms. The summed E-state index contributed by atoms with van der Waals surface area (Å²) in [7, 11) is 1.65. The third kappa shape index (κ3) is 3.68. The third-order valence-corrected chi connectivity index (χ3v) is 6.29. The number of halogens is 1. The van der Waals surface area contributed by atoms with Crippen LogP contribution in [0.5, 0.6) is 5.75 Å². The van der Waals surface area contributed by atoms with Gasteiger partial charge in [0.25, 0.3) is 0 Å². The number of methoxy groups -OCH3 is 1. The first kappa shape index (κ1) is 18.7. The van der Waals surface area contributed by atoms with Gasteiger partial charge in [-0.25, -0.2) is 4.39 Å². The van der Waals surface area contributed by atoms with E-state index in [4.69, 9.17) is 4.74 Å². The fraction of sp³-hybridized carbons (Fsp3) is 0.143. The van der Waals surface area contributed by atoms with Gasteiger partial charge in [0.15, 0.2) is 11.0 Å². The van der Waals surface area contributed by atoms with Crippen molar-refractivity contribution in [2.24, 2.45) is 0 Å². The van der Waals surface area contributed by atoms with Gasteiger partial charge in [-0.05, 0) is 48.2 Å².